The van der Waals surface area contributed by atoms with Crippen LogP contribution in [0.3, 0.4) is 0 Å². The Bertz CT molecular complexity index is 784. The van der Waals surface area contributed by atoms with Crippen LogP contribution in [0.25, 0.3) is 11.1 Å². The fraction of sp³-hybridized carbons (Fsp3) is 0.133. The quantitative estimate of drug-likeness (QED) is 0.639. The zero-order valence-electron chi connectivity index (χ0n) is 11.8. The third-order valence-electron chi connectivity index (χ3n) is 3.08. The Morgan fingerprint density at radius 3 is 2.41 bits per heavy atom. The molecule has 0 atom stereocenters. The Morgan fingerprint density at radius 1 is 1.18 bits per heavy atom. The molecule has 0 saturated carbocycles. The highest BCUT2D eigenvalue weighted by Crippen LogP contribution is 2.36. The maximum absolute atomic E-state index is 14.2. The van der Waals surface area contributed by atoms with Crippen LogP contribution in [0.2, 0.25) is 0 Å². The van der Waals surface area contributed by atoms with E-state index in [2.05, 4.69) is 0 Å². The predicted octanol–water partition coefficient (Wildman–Crippen LogP) is 3.29. The van der Waals surface area contributed by atoms with Crippen molar-refractivity contribution < 1.29 is 18.8 Å². The number of non-ortho nitro benzene ring substituents is 1. The first-order chi connectivity index (χ1) is 10.5. The van der Waals surface area contributed by atoms with Crippen molar-refractivity contribution >= 4 is 5.69 Å². The summed E-state index contributed by atoms with van der Waals surface area (Å²) in [5, 5.41) is 19.9. The van der Waals surface area contributed by atoms with Crippen molar-refractivity contribution in [1.29, 1.82) is 5.26 Å². The number of nitro groups is 1. The van der Waals surface area contributed by atoms with Gasteiger partial charge >= 0.3 is 0 Å². The van der Waals surface area contributed by atoms with E-state index in [4.69, 9.17) is 14.7 Å². The zero-order valence-corrected chi connectivity index (χ0v) is 11.8. The minimum atomic E-state index is -0.849. The van der Waals surface area contributed by atoms with Crippen molar-refractivity contribution in [2.45, 2.75) is 0 Å². The molecule has 6 nitrogen and oxygen atoms in total. The topological polar surface area (TPSA) is 85.4 Å². The molecular weight excluding hydrogens is 291 g/mol. The molecule has 2 aromatic carbocycles. The molecule has 0 aliphatic heterocycles. The Labute approximate surface area is 125 Å². The molecule has 0 fully saturated rings. The van der Waals surface area contributed by atoms with Crippen LogP contribution < -0.4 is 9.47 Å². The average Bonchev–Trinajstić information content (AvgIpc) is 2.53. The van der Waals surface area contributed by atoms with Crippen molar-refractivity contribution in [3.8, 4) is 28.7 Å². The summed E-state index contributed by atoms with van der Waals surface area (Å²) in [6.07, 6.45) is 0. The van der Waals surface area contributed by atoms with Gasteiger partial charge in [-0.3, -0.25) is 10.1 Å². The Morgan fingerprint density at radius 2 is 1.86 bits per heavy atom. The molecule has 2 aromatic rings. The van der Waals surface area contributed by atoms with Crippen LogP contribution >= 0.6 is 0 Å². The summed E-state index contributed by atoms with van der Waals surface area (Å²) < 4.78 is 24.5. The molecule has 0 heterocycles. The van der Waals surface area contributed by atoms with Crippen molar-refractivity contribution in [3.05, 3.63) is 51.8 Å². The summed E-state index contributed by atoms with van der Waals surface area (Å²) in [4.78, 5) is 10.00. The van der Waals surface area contributed by atoms with E-state index in [1.807, 2.05) is 0 Å². The van der Waals surface area contributed by atoms with Crippen molar-refractivity contribution in [2.75, 3.05) is 14.2 Å². The second-order valence-corrected chi connectivity index (χ2v) is 4.29. The van der Waals surface area contributed by atoms with E-state index in [-0.39, 0.29) is 11.1 Å². The van der Waals surface area contributed by atoms with Gasteiger partial charge < -0.3 is 9.47 Å². The van der Waals surface area contributed by atoms with Crippen LogP contribution in [-0.2, 0) is 0 Å². The Hall–Kier alpha value is -3.14. The lowest BCUT2D eigenvalue weighted by atomic mass is 9.98. The number of methoxy groups -OCH3 is 2. The smallest absolute Gasteiger partial charge is 0.273 e. The molecule has 112 valence electrons. The van der Waals surface area contributed by atoms with Gasteiger partial charge in [-0.25, -0.2) is 4.39 Å². The monoisotopic (exact) mass is 302 g/mol. The van der Waals surface area contributed by atoms with Gasteiger partial charge in [-0.2, -0.15) is 5.26 Å². The SMILES string of the molecule is COc1ccc(-c2c(F)cc([N+](=O)[O-])cc2C#N)cc1OC. The zero-order chi connectivity index (χ0) is 16.3. The number of hydrogen-bond acceptors (Lipinski definition) is 5. The highest BCUT2D eigenvalue weighted by Gasteiger charge is 2.19. The van der Waals surface area contributed by atoms with Crippen LogP contribution in [-0.4, -0.2) is 19.1 Å². The van der Waals surface area contributed by atoms with E-state index in [1.54, 1.807) is 18.2 Å². The Kier molecular flexibility index (Phi) is 4.23. The lowest BCUT2D eigenvalue weighted by molar-refractivity contribution is -0.385. The number of nitro benzene ring substituents is 1. The molecule has 0 radical (unpaired) electrons. The molecule has 0 spiro atoms. The number of benzene rings is 2. The van der Waals surface area contributed by atoms with Crippen molar-refractivity contribution in [3.63, 3.8) is 0 Å². The van der Waals surface area contributed by atoms with Crippen LogP contribution in [0.15, 0.2) is 30.3 Å². The van der Waals surface area contributed by atoms with Gasteiger partial charge in [-0.05, 0) is 17.7 Å². The van der Waals surface area contributed by atoms with Gasteiger partial charge in [0.2, 0.25) is 0 Å². The van der Waals surface area contributed by atoms with E-state index >= 15 is 0 Å². The molecule has 0 N–H and O–H groups in total. The summed E-state index contributed by atoms with van der Waals surface area (Å²) in [6, 6.07) is 8.22. The molecule has 0 amide bonds. The average molecular weight is 302 g/mol. The third-order valence-corrected chi connectivity index (χ3v) is 3.08. The first kappa shape index (κ1) is 15.3. The normalized spacial score (nSPS) is 9.91. The molecule has 7 heteroatoms. The molecular formula is C15H11FN2O4. The molecule has 0 aromatic heterocycles. The van der Waals surface area contributed by atoms with Crippen molar-refractivity contribution in [1.82, 2.24) is 0 Å². The number of ether oxygens (including phenoxy) is 2. The lowest BCUT2D eigenvalue weighted by Gasteiger charge is -2.11. The number of rotatable bonds is 4. The summed E-state index contributed by atoms with van der Waals surface area (Å²) in [6.45, 7) is 0. The minimum absolute atomic E-state index is 0.0194. The first-order valence-electron chi connectivity index (χ1n) is 6.12. The number of hydrogen-bond donors (Lipinski definition) is 0. The fourth-order valence-corrected chi connectivity index (χ4v) is 2.07. The highest BCUT2D eigenvalue weighted by molar-refractivity contribution is 5.75. The molecule has 0 aliphatic rings. The second-order valence-electron chi connectivity index (χ2n) is 4.29. The molecule has 0 aliphatic carbocycles. The van der Waals surface area contributed by atoms with Gasteiger partial charge in [0.15, 0.2) is 11.5 Å². The van der Waals surface area contributed by atoms with Crippen LogP contribution in [0.5, 0.6) is 11.5 Å². The number of nitriles is 1. The van der Waals surface area contributed by atoms with Crippen LogP contribution in [0.1, 0.15) is 5.56 Å². The van der Waals surface area contributed by atoms with Gasteiger partial charge in [0.05, 0.1) is 30.8 Å². The summed E-state index contributed by atoms with van der Waals surface area (Å²) in [5.74, 6) is -0.0355. The van der Waals surface area contributed by atoms with E-state index in [0.29, 0.717) is 17.1 Å². The Balaban J connectivity index is 2.67. The summed E-state index contributed by atoms with van der Waals surface area (Å²) >= 11 is 0. The number of nitrogens with zero attached hydrogens (tertiary/aromatic N) is 2. The molecule has 2 rings (SSSR count). The second kappa shape index (κ2) is 6.10. The van der Waals surface area contributed by atoms with E-state index in [1.165, 1.54) is 20.3 Å². The third kappa shape index (κ3) is 2.67. The van der Waals surface area contributed by atoms with Crippen LogP contribution in [0.4, 0.5) is 10.1 Å². The highest BCUT2D eigenvalue weighted by atomic mass is 19.1. The van der Waals surface area contributed by atoms with Crippen molar-refractivity contribution in [2.24, 2.45) is 0 Å². The van der Waals surface area contributed by atoms with Gasteiger partial charge in [0.1, 0.15) is 11.9 Å². The van der Waals surface area contributed by atoms with Gasteiger partial charge in [-0.1, -0.05) is 6.07 Å². The van der Waals surface area contributed by atoms with Gasteiger partial charge in [0.25, 0.3) is 5.69 Å². The maximum Gasteiger partial charge on any atom is 0.273 e. The summed E-state index contributed by atoms with van der Waals surface area (Å²) in [7, 11) is 2.89. The van der Waals surface area contributed by atoms with E-state index in [0.717, 1.165) is 12.1 Å². The molecule has 0 bridgehead atoms. The van der Waals surface area contributed by atoms with Crippen LogP contribution in [0, 0.1) is 27.3 Å². The fourth-order valence-electron chi connectivity index (χ4n) is 2.07. The largest absolute Gasteiger partial charge is 0.493 e. The van der Waals surface area contributed by atoms with Gasteiger partial charge in [-0.15, -0.1) is 0 Å². The summed E-state index contributed by atoms with van der Waals surface area (Å²) in [5.41, 5.74) is -0.257. The maximum atomic E-state index is 14.2. The molecule has 22 heavy (non-hydrogen) atoms. The molecule has 0 saturated heterocycles. The predicted molar refractivity (Wildman–Crippen MR) is 76.3 cm³/mol. The standard InChI is InChI=1S/C15H11FN2O4/c1-21-13-4-3-9(6-14(13)22-2)15-10(8-17)5-11(18(19)20)7-12(15)16/h3-7H,1-2H3. The lowest BCUT2D eigenvalue weighted by Crippen LogP contribution is -1.96. The number of halogens is 1. The first-order valence-corrected chi connectivity index (χ1v) is 6.12. The minimum Gasteiger partial charge on any atom is -0.493 e. The van der Waals surface area contributed by atoms with E-state index < -0.39 is 16.4 Å². The molecule has 0 unspecified atom stereocenters. The van der Waals surface area contributed by atoms with E-state index in [9.17, 15) is 14.5 Å². The van der Waals surface area contributed by atoms with Gasteiger partial charge in [0, 0.05) is 11.6 Å².